The van der Waals surface area contributed by atoms with E-state index in [1.54, 1.807) is 18.2 Å². The number of halogens is 3. The Morgan fingerprint density at radius 1 is 1.30 bits per heavy atom. The number of carbonyl (C=O) groups excluding carboxylic acids is 1. The average Bonchev–Trinajstić information content (AvgIpc) is 2.83. The van der Waals surface area contributed by atoms with Gasteiger partial charge in [0.15, 0.2) is 11.4 Å². The van der Waals surface area contributed by atoms with Crippen molar-refractivity contribution in [2.75, 3.05) is 0 Å². The fourth-order valence-electron chi connectivity index (χ4n) is 1.63. The van der Waals surface area contributed by atoms with Gasteiger partial charge in [0.25, 0.3) is 0 Å². The number of alkyl halides is 3. The predicted molar refractivity (Wildman–Crippen MR) is 64.5 cm³/mol. The smallest absolute Gasteiger partial charge is 0.422 e. The summed E-state index contributed by atoms with van der Waals surface area (Å²) < 4.78 is 44.8. The van der Waals surface area contributed by atoms with Crippen molar-refractivity contribution in [1.82, 2.24) is 9.78 Å². The average molecular weight is 284 g/mol. The van der Waals surface area contributed by atoms with E-state index in [2.05, 4.69) is 9.84 Å². The molecule has 1 aromatic carbocycles. The van der Waals surface area contributed by atoms with E-state index in [1.807, 2.05) is 0 Å². The maximum Gasteiger partial charge on any atom is 0.437 e. The van der Waals surface area contributed by atoms with E-state index in [0.717, 1.165) is 6.20 Å². The van der Waals surface area contributed by atoms with Crippen LogP contribution in [0.2, 0.25) is 0 Å². The van der Waals surface area contributed by atoms with Gasteiger partial charge in [-0.2, -0.15) is 18.3 Å². The molecule has 0 atom stereocenters. The number of carbonyl (C=O) groups is 1. The molecule has 106 valence electrons. The summed E-state index contributed by atoms with van der Waals surface area (Å²) >= 11 is 0. The minimum absolute atomic E-state index is 0.0200. The number of benzene rings is 1. The fraction of sp³-hybridized carbons (Fsp3) is 0.231. The topological polar surface area (TPSA) is 44.1 Å². The van der Waals surface area contributed by atoms with Crippen LogP contribution in [0.25, 0.3) is 5.69 Å². The van der Waals surface area contributed by atoms with E-state index in [0.29, 0.717) is 4.68 Å². The summed E-state index contributed by atoms with van der Waals surface area (Å²) in [7, 11) is 0. The lowest BCUT2D eigenvalue weighted by Crippen LogP contribution is -2.16. The first-order valence-electron chi connectivity index (χ1n) is 5.84. The molecule has 0 spiro atoms. The molecule has 1 heterocycles. The number of hydrogen-bond acceptors (Lipinski definition) is 3. The van der Waals surface area contributed by atoms with Crippen molar-refractivity contribution < 1.29 is 22.7 Å². The van der Waals surface area contributed by atoms with E-state index in [9.17, 15) is 18.0 Å². The second kappa shape index (κ2) is 5.36. The zero-order valence-corrected chi connectivity index (χ0v) is 10.5. The summed E-state index contributed by atoms with van der Waals surface area (Å²) in [5.74, 6) is -1.34. The number of nitrogens with zero attached hydrogens (tertiary/aromatic N) is 2. The highest BCUT2D eigenvalue weighted by molar-refractivity contribution is 5.72. The Morgan fingerprint density at radius 2 is 1.95 bits per heavy atom. The summed E-state index contributed by atoms with van der Waals surface area (Å²) in [6.07, 6.45) is -3.81. The molecule has 2 rings (SSSR count). The Balaban J connectivity index is 2.51. The molecule has 0 N–H and O–H groups in total. The van der Waals surface area contributed by atoms with Gasteiger partial charge in [0.05, 0.1) is 11.9 Å². The van der Waals surface area contributed by atoms with E-state index in [4.69, 9.17) is 0 Å². The second-order valence-corrected chi connectivity index (χ2v) is 3.93. The lowest BCUT2D eigenvalue weighted by atomic mass is 10.3. The Morgan fingerprint density at radius 3 is 2.50 bits per heavy atom. The molecule has 0 saturated heterocycles. The van der Waals surface area contributed by atoms with Crippen LogP contribution in [-0.4, -0.2) is 15.7 Å². The first kappa shape index (κ1) is 14.1. The minimum Gasteiger partial charge on any atom is -0.422 e. The zero-order chi connectivity index (χ0) is 14.8. The molecule has 0 aliphatic carbocycles. The highest BCUT2D eigenvalue weighted by Crippen LogP contribution is 2.37. The van der Waals surface area contributed by atoms with Crippen LogP contribution in [0, 0.1) is 0 Å². The lowest BCUT2D eigenvalue weighted by molar-refractivity contribution is -0.146. The predicted octanol–water partition coefficient (Wildman–Crippen LogP) is 3.21. The first-order valence-corrected chi connectivity index (χ1v) is 5.84. The number of aromatic nitrogens is 2. The third-order valence-electron chi connectivity index (χ3n) is 2.52. The van der Waals surface area contributed by atoms with Gasteiger partial charge in [-0.05, 0) is 12.1 Å². The number of rotatable bonds is 3. The zero-order valence-electron chi connectivity index (χ0n) is 10.5. The summed E-state index contributed by atoms with van der Waals surface area (Å²) in [4.78, 5) is 11.2. The molecule has 0 bridgehead atoms. The maximum atomic E-state index is 13.1. The van der Waals surface area contributed by atoms with Crippen LogP contribution in [0.1, 0.15) is 19.0 Å². The molecule has 0 radical (unpaired) electrons. The Kier molecular flexibility index (Phi) is 3.78. The standard InChI is InChI=1S/C13H11F3N2O2/c1-2-11(19)20-10-8-17-18(12(10)13(14,15)16)9-6-4-3-5-7-9/h3-8H,2H2,1H3. The molecule has 0 saturated carbocycles. The van der Waals surface area contributed by atoms with Gasteiger partial charge in [-0.15, -0.1) is 0 Å². The third-order valence-corrected chi connectivity index (χ3v) is 2.52. The molecule has 7 heteroatoms. The molecule has 0 aliphatic heterocycles. The van der Waals surface area contributed by atoms with Crippen molar-refractivity contribution >= 4 is 5.97 Å². The molecule has 0 aliphatic rings. The van der Waals surface area contributed by atoms with Crippen molar-refractivity contribution in [2.24, 2.45) is 0 Å². The van der Waals surface area contributed by atoms with Gasteiger partial charge in [0, 0.05) is 6.42 Å². The van der Waals surface area contributed by atoms with Crippen LogP contribution in [0.15, 0.2) is 36.5 Å². The van der Waals surface area contributed by atoms with Crippen LogP contribution in [0.5, 0.6) is 5.75 Å². The molecular weight excluding hydrogens is 273 g/mol. The van der Waals surface area contributed by atoms with E-state index in [-0.39, 0.29) is 12.1 Å². The van der Waals surface area contributed by atoms with Gasteiger partial charge < -0.3 is 4.74 Å². The van der Waals surface area contributed by atoms with Gasteiger partial charge in [-0.3, -0.25) is 4.79 Å². The summed E-state index contributed by atoms with van der Waals surface area (Å²) in [6.45, 7) is 1.50. The van der Waals surface area contributed by atoms with Crippen LogP contribution >= 0.6 is 0 Å². The number of hydrogen-bond donors (Lipinski definition) is 0. The van der Waals surface area contributed by atoms with Gasteiger partial charge in [0.1, 0.15) is 0 Å². The summed E-state index contributed by atoms with van der Waals surface area (Å²) in [5.41, 5.74) is -0.871. The van der Waals surface area contributed by atoms with E-state index >= 15 is 0 Å². The maximum absolute atomic E-state index is 13.1. The van der Waals surface area contributed by atoms with Gasteiger partial charge in [0.2, 0.25) is 0 Å². The Bertz CT molecular complexity index is 606. The molecule has 2 aromatic rings. The molecule has 0 unspecified atom stereocenters. The van der Waals surface area contributed by atoms with Gasteiger partial charge >= 0.3 is 12.1 Å². The van der Waals surface area contributed by atoms with Crippen LogP contribution in [-0.2, 0) is 11.0 Å². The monoisotopic (exact) mass is 284 g/mol. The molecule has 1 aromatic heterocycles. The third kappa shape index (κ3) is 2.81. The molecule has 4 nitrogen and oxygen atoms in total. The number of esters is 1. The number of ether oxygens (including phenoxy) is 1. The Labute approximate surface area is 112 Å². The van der Waals surface area contributed by atoms with Crippen molar-refractivity contribution in [3.05, 3.63) is 42.2 Å². The first-order chi connectivity index (χ1) is 9.43. The molecule has 0 amide bonds. The SMILES string of the molecule is CCC(=O)Oc1cnn(-c2ccccc2)c1C(F)(F)F. The highest BCUT2D eigenvalue weighted by atomic mass is 19.4. The van der Waals surface area contributed by atoms with Gasteiger partial charge in [-0.25, -0.2) is 4.68 Å². The molecular formula is C13H11F3N2O2. The molecule has 20 heavy (non-hydrogen) atoms. The largest absolute Gasteiger partial charge is 0.437 e. The summed E-state index contributed by atoms with van der Waals surface area (Å²) in [5, 5.41) is 3.66. The van der Waals surface area contributed by atoms with E-state index < -0.39 is 23.6 Å². The molecule has 0 fully saturated rings. The lowest BCUT2D eigenvalue weighted by Gasteiger charge is -2.12. The number of para-hydroxylation sites is 1. The van der Waals surface area contributed by atoms with Crippen molar-refractivity contribution in [1.29, 1.82) is 0 Å². The normalized spacial score (nSPS) is 11.4. The fourth-order valence-corrected chi connectivity index (χ4v) is 1.63. The van der Waals surface area contributed by atoms with Gasteiger partial charge in [-0.1, -0.05) is 25.1 Å². The summed E-state index contributed by atoms with van der Waals surface area (Å²) in [6, 6.07) is 7.82. The Hall–Kier alpha value is -2.31. The van der Waals surface area contributed by atoms with Crippen LogP contribution < -0.4 is 4.74 Å². The van der Waals surface area contributed by atoms with Crippen LogP contribution in [0.4, 0.5) is 13.2 Å². The minimum atomic E-state index is -4.68. The van der Waals surface area contributed by atoms with Crippen LogP contribution in [0.3, 0.4) is 0 Å². The second-order valence-electron chi connectivity index (χ2n) is 3.93. The quantitative estimate of drug-likeness (QED) is 0.813. The van der Waals surface area contributed by atoms with E-state index in [1.165, 1.54) is 19.1 Å². The van der Waals surface area contributed by atoms with Crippen molar-refractivity contribution in [3.63, 3.8) is 0 Å². The highest BCUT2D eigenvalue weighted by Gasteiger charge is 2.40. The van der Waals surface area contributed by atoms with Crippen molar-refractivity contribution in [3.8, 4) is 11.4 Å². The van der Waals surface area contributed by atoms with Crippen molar-refractivity contribution in [2.45, 2.75) is 19.5 Å².